The Morgan fingerprint density at radius 1 is 1.19 bits per heavy atom. The van der Waals surface area contributed by atoms with Crippen LogP contribution in [0, 0.1) is 17.0 Å². The Hall–Kier alpha value is -3.02. The van der Waals surface area contributed by atoms with Crippen molar-refractivity contribution >= 4 is 15.8 Å². The summed E-state index contributed by atoms with van der Waals surface area (Å²) in [6.07, 6.45) is 1.66. The van der Waals surface area contributed by atoms with Crippen LogP contribution in [0.3, 0.4) is 0 Å². The summed E-state index contributed by atoms with van der Waals surface area (Å²) in [4.78, 5) is 10.9. The number of aromatic hydroxyl groups is 1. The number of phenolic OH excluding ortho intramolecular Hbond substituents is 1. The van der Waals surface area contributed by atoms with Crippen LogP contribution in [0.15, 0.2) is 18.2 Å². The van der Waals surface area contributed by atoms with Crippen LogP contribution in [0.5, 0.6) is 23.0 Å². The van der Waals surface area contributed by atoms with Crippen LogP contribution in [-0.4, -0.2) is 24.0 Å². The molecule has 0 aliphatic heterocycles. The van der Waals surface area contributed by atoms with E-state index in [4.69, 9.17) is 4.74 Å². The van der Waals surface area contributed by atoms with Gasteiger partial charge in [0.25, 0.3) is 5.69 Å². The van der Waals surface area contributed by atoms with Crippen molar-refractivity contribution in [1.29, 1.82) is 0 Å². The third kappa shape index (κ3) is 4.11. The maximum Gasteiger partial charge on any atom is 0.534 e. The highest BCUT2D eigenvalue weighted by Crippen LogP contribution is 2.45. The molecule has 0 unspecified atom stereocenters. The van der Waals surface area contributed by atoms with Gasteiger partial charge in [-0.1, -0.05) is 6.92 Å². The number of hydrogen-bond donors (Lipinski definition) is 1. The molecule has 0 heterocycles. The fraction of sp³-hybridized carbons (Fsp3) is 0.368. The monoisotopic (exact) mass is 461 g/mol. The minimum absolute atomic E-state index is 0.0167. The summed E-state index contributed by atoms with van der Waals surface area (Å²) < 4.78 is 70.5. The lowest BCUT2D eigenvalue weighted by Crippen LogP contribution is -2.28. The molecule has 0 spiro atoms. The van der Waals surface area contributed by atoms with E-state index in [1.165, 1.54) is 13.0 Å². The van der Waals surface area contributed by atoms with Gasteiger partial charge in [-0.05, 0) is 50.3 Å². The van der Waals surface area contributed by atoms with Crippen molar-refractivity contribution in [3.63, 3.8) is 0 Å². The lowest BCUT2D eigenvalue weighted by atomic mass is 10.0. The number of nitro benzene ring substituents is 1. The number of alkyl halides is 3. The van der Waals surface area contributed by atoms with E-state index in [2.05, 4.69) is 4.18 Å². The first-order chi connectivity index (χ1) is 14.4. The van der Waals surface area contributed by atoms with Gasteiger partial charge in [0, 0.05) is 22.8 Å². The van der Waals surface area contributed by atoms with Gasteiger partial charge in [0.15, 0.2) is 11.5 Å². The van der Waals surface area contributed by atoms with Crippen LogP contribution >= 0.6 is 0 Å². The van der Waals surface area contributed by atoms with E-state index in [0.29, 0.717) is 41.7 Å². The smallest absolute Gasteiger partial charge is 0.504 e. The third-order valence-electron chi connectivity index (χ3n) is 4.96. The maximum absolute atomic E-state index is 12.6. The van der Waals surface area contributed by atoms with Crippen LogP contribution in [0.4, 0.5) is 18.9 Å². The molecule has 2 aromatic carbocycles. The molecule has 0 saturated heterocycles. The van der Waals surface area contributed by atoms with E-state index >= 15 is 0 Å². The molecule has 8 nitrogen and oxygen atoms in total. The predicted molar refractivity (Wildman–Crippen MR) is 103 cm³/mol. The van der Waals surface area contributed by atoms with E-state index in [1.807, 2.05) is 0 Å². The number of fused-ring (bicyclic) bond motifs is 1. The highest BCUT2D eigenvalue weighted by Gasteiger charge is 2.49. The highest BCUT2D eigenvalue weighted by atomic mass is 32.2. The van der Waals surface area contributed by atoms with Crippen LogP contribution < -0.4 is 8.92 Å². The molecule has 1 aliphatic rings. The lowest BCUT2D eigenvalue weighted by molar-refractivity contribution is -0.385. The molecule has 31 heavy (non-hydrogen) atoms. The zero-order chi connectivity index (χ0) is 23.1. The van der Waals surface area contributed by atoms with Gasteiger partial charge in [-0.2, -0.15) is 21.6 Å². The molecular formula is C19H18F3NO7S. The zero-order valence-corrected chi connectivity index (χ0v) is 17.3. The number of ether oxygens (including phenoxy) is 1. The summed E-state index contributed by atoms with van der Waals surface area (Å²) in [6, 6.07) is 3.40. The molecule has 1 N–H and O–H groups in total. The van der Waals surface area contributed by atoms with Gasteiger partial charge in [-0.3, -0.25) is 10.1 Å². The second kappa shape index (κ2) is 7.91. The Balaban J connectivity index is 2.03. The predicted octanol–water partition coefficient (Wildman–Crippen LogP) is 4.68. The molecule has 0 saturated carbocycles. The van der Waals surface area contributed by atoms with Gasteiger partial charge in [-0.15, -0.1) is 0 Å². The van der Waals surface area contributed by atoms with Crippen molar-refractivity contribution < 1.29 is 40.5 Å². The first-order valence-corrected chi connectivity index (χ1v) is 10.6. The van der Waals surface area contributed by atoms with Crippen molar-refractivity contribution in [3.05, 3.63) is 50.6 Å². The van der Waals surface area contributed by atoms with E-state index < -0.39 is 32.0 Å². The SMILES string of the molecule is CCc1c(OS(=O)(=O)C(F)(F)F)ccc(Oc2c(C)cc([N+](=O)[O-])c3c2CCC3)c1O. The van der Waals surface area contributed by atoms with Crippen LogP contribution in [-0.2, 0) is 29.4 Å². The summed E-state index contributed by atoms with van der Waals surface area (Å²) in [5, 5.41) is 21.8. The van der Waals surface area contributed by atoms with Crippen LogP contribution in [0.2, 0.25) is 0 Å². The Kier molecular flexibility index (Phi) is 5.78. The van der Waals surface area contributed by atoms with Crippen molar-refractivity contribution in [1.82, 2.24) is 0 Å². The summed E-state index contributed by atoms with van der Waals surface area (Å²) in [7, 11) is -5.92. The van der Waals surface area contributed by atoms with Gasteiger partial charge in [0.1, 0.15) is 11.5 Å². The van der Waals surface area contributed by atoms with E-state index in [9.17, 15) is 36.8 Å². The van der Waals surface area contributed by atoms with Crippen molar-refractivity contribution in [2.75, 3.05) is 0 Å². The number of nitrogens with zero attached hydrogens (tertiary/aromatic N) is 1. The number of hydrogen-bond acceptors (Lipinski definition) is 7. The maximum atomic E-state index is 12.6. The largest absolute Gasteiger partial charge is 0.534 e. The molecule has 0 radical (unpaired) electrons. The Bertz CT molecular complexity index is 1160. The molecule has 0 amide bonds. The quantitative estimate of drug-likeness (QED) is 0.287. The van der Waals surface area contributed by atoms with Gasteiger partial charge in [0.05, 0.1) is 4.92 Å². The Labute approximate surface area is 175 Å². The molecule has 12 heteroatoms. The van der Waals surface area contributed by atoms with Crippen LogP contribution in [0.1, 0.15) is 35.6 Å². The minimum Gasteiger partial charge on any atom is -0.504 e. The lowest BCUT2D eigenvalue weighted by Gasteiger charge is -2.18. The molecular weight excluding hydrogens is 443 g/mol. The fourth-order valence-electron chi connectivity index (χ4n) is 3.55. The van der Waals surface area contributed by atoms with Gasteiger partial charge in [0.2, 0.25) is 0 Å². The number of rotatable bonds is 6. The normalized spacial score (nSPS) is 13.7. The van der Waals surface area contributed by atoms with E-state index in [0.717, 1.165) is 12.1 Å². The number of aryl methyl sites for hydroxylation is 1. The molecule has 0 fully saturated rings. The second-order valence-electron chi connectivity index (χ2n) is 6.94. The number of nitro groups is 1. The third-order valence-corrected chi connectivity index (χ3v) is 5.93. The molecule has 1 aliphatic carbocycles. The summed E-state index contributed by atoms with van der Waals surface area (Å²) in [5.41, 5.74) is -4.22. The first kappa shape index (κ1) is 22.7. The van der Waals surface area contributed by atoms with Crippen molar-refractivity contribution in [3.8, 4) is 23.0 Å². The summed E-state index contributed by atoms with van der Waals surface area (Å²) in [6.45, 7) is 3.09. The number of benzene rings is 2. The van der Waals surface area contributed by atoms with Gasteiger partial charge < -0.3 is 14.0 Å². The minimum atomic E-state index is -5.92. The average molecular weight is 461 g/mol. The fourth-order valence-corrected chi connectivity index (χ4v) is 4.04. The van der Waals surface area contributed by atoms with Gasteiger partial charge in [-0.25, -0.2) is 0 Å². The molecule has 0 atom stereocenters. The average Bonchev–Trinajstić information content (AvgIpc) is 3.14. The van der Waals surface area contributed by atoms with Crippen molar-refractivity contribution in [2.24, 2.45) is 0 Å². The molecule has 0 bridgehead atoms. The molecule has 2 aromatic rings. The Morgan fingerprint density at radius 2 is 1.81 bits per heavy atom. The standard InChI is InChI=1S/C19H18F3NO7S/c1-3-11-15(30-31(27,28)19(20,21)22)7-8-16(17(11)24)29-18-10(2)9-14(23(25)26)12-5-4-6-13(12)18/h7-9,24H,3-6H2,1-2H3. The zero-order valence-electron chi connectivity index (χ0n) is 16.4. The van der Waals surface area contributed by atoms with Crippen LogP contribution in [0.25, 0.3) is 0 Å². The summed E-state index contributed by atoms with van der Waals surface area (Å²) >= 11 is 0. The topological polar surface area (TPSA) is 116 Å². The first-order valence-electron chi connectivity index (χ1n) is 9.20. The summed E-state index contributed by atoms with van der Waals surface area (Å²) in [5.74, 6) is -1.08. The van der Waals surface area contributed by atoms with E-state index in [1.54, 1.807) is 6.92 Å². The van der Waals surface area contributed by atoms with E-state index in [-0.39, 0.29) is 23.4 Å². The number of halogens is 3. The molecule has 0 aromatic heterocycles. The molecule has 3 rings (SSSR count). The number of phenols is 1. The van der Waals surface area contributed by atoms with Gasteiger partial charge >= 0.3 is 15.6 Å². The van der Waals surface area contributed by atoms with Crippen molar-refractivity contribution in [2.45, 2.75) is 45.0 Å². The molecule has 168 valence electrons. The highest BCUT2D eigenvalue weighted by molar-refractivity contribution is 7.88. The second-order valence-corrected chi connectivity index (χ2v) is 8.48. The Morgan fingerprint density at radius 3 is 2.39 bits per heavy atom.